The fraction of sp³-hybridized carbons (Fsp3) is 0.643. The van der Waals surface area contributed by atoms with Gasteiger partial charge >= 0.3 is 0 Å². The highest BCUT2D eigenvalue weighted by molar-refractivity contribution is 5.92. The summed E-state index contributed by atoms with van der Waals surface area (Å²) < 4.78 is 0. The Hall–Kier alpha value is -1.65. The third kappa shape index (κ3) is 4.19. The quantitative estimate of drug-likeness (QED) is 0.877. The van der Waals surface area contributed by atoms with Crippen molar-refractivity contribution in [2.45, 2.75) is 51.0 Å². The fourth-order valence-electron chi connectivity index (χ4n) is 2.43. The Balaban J connectivity index is 1.91. The molecular formula is C14H22N4O. The number of nitrogens with one attached hydrogen (secondary N) is 2. The van der Waals surface area contributed by atoms with E-state index in [1.165, 1.54) is 38.3 Å². The van der Waals surface area contributed by atoms with Gasteiger partial charge in [-0.3, -0.25) is 4.79 Å². The van der Waals surface area contributed by atoms with Gasteiger partial charge in [0, 0.05) is 13.1 Å². The third-order valence-electron chi connectivity index (χ3n) is 3.58. The Morgan fingerprint density at radius 2 is 1.79 bits per heavy atom. The lowest BCUT2D eigenvalue weighted by atomic mass is 9.96. The molecule has 1 aromatic rings. The molecule has 1 amide bonds. The molecule has 1 aliphatic carbocycles. The van der Waals surface area contributed by atoms with Gasteiger partial charge in [0.15, 0.2) is 0 Å². The second-order valence-corrected chi connectivity index (χ2v) is 5.05. The van der Waals surface area contributed by atoms with Crippen molar-refractivity contribution in [3.05, 3.63) is 18.1 Å². The Bertz CT molecular complexity index is 396. The second-order valence-electron chi connectivity index (χ2n) is 5.05. The van der Waals surface area contributed by atoms with E-state index in [-0.39, 0.29) is 5.91 Å². The van der Waals surface area contributed by atoms with Crippen molar-refractivity contribution < 1.29 is 4.79 Å². The van der Waals surface area contributed by atoms with Gasteiger partial charge in [-0.1, -0.05) is 32.1 Å². The molecule has 5 heteroatoms. The van der Waals surface area contributed by atoms with Gasteiger partial charge in [-0.25, -0.2) is 9.97 Å². The van der Waals surface area contributed by atoms with E-state index in [1.807, 2.05) is 0 Å². The van der Waals surface area contributed by atoms with E-state index < -0.39 is 0 Å². The number of aromatic nitrogens is 2. The van der Waals surface area contributed by atoms with Crippen LogP contribution in [0, 0.1) is 0 Å². The first-order valence-corrected chi connectivity index (χ1v) is 7.10. The number of nitrogens with zero attached hydrogens (tertiary/aromatic N) is 2. The molecule has 19 heavy (non-hydrogen) atoms. The van der Waals surface area contributed by atoms with Gasteiger partial charge < -0.3 is 10.6 Å². The molecule has 0 aromatic carbocycles. The molecule has 0 aliphatic heterocycles. The lowest BCUT2D eigenvalue weighted by molar-refractivity contribution is 0.0925. The Labute approximate surface area is 114 Å². The van der Waals surface area contributed by atoms with Crippen LogP contribution in [-0.4, -0.2) is 29.0 Å². The van der Waals surface area contributed by atoms with Crippen LogP contribution in [0.1, 0.15) is 55.4 Å². The van der Waals surface area contributed by atoms with Gasteiger partial charge in [0.25, 0.3) is 5.91 Å². The minimum absolute atomic E-state index is 0.110. The maximum Gasteiger partial charge on any atom is 0.271 e. The normalized spacial score (nSPS) is 17.3. The minimum Gasteiger partial charge on any atom is -0.372 e. The van der Waals surface area contributed by atoms with E-state index in [0.717, 1.165) is 12.8 Å². The van der Waals surface area contributed by atoms with Crippen molar-refractivity contribution in [1.82, 2.24) is 15.3 Å². The summed E-state index contributed by atoms with van der Waals surface area (Å²) in [4.78, 5) is 20.3. The average molecular weight is 262 g/mol. The third-order valence-corrected chi connectivity index (χ3v) is 3.58. The van der Waals surface area contributed by atoms with Gasteiger partial charge in [0.05, 0.1) is 12.4 Å². The molecule has 5 nitrogen and oxygen atoms in total. The van der Waals surface area contributed by atoms with Crippen LogP contribution in [0.5, 0.6) is 0 Å². The summed E-state index contributed by atoms with van der Waals surface area (Å²) in [7, 11) is 1.78. The van der Waals surface area contributed by atoms with Crippen molar-refractivity contribution in [1.29, 1.82) is 0 Å². The van der Waals surface area contributed by atoms with Gasteiger partial charge in [0.2, 0.25) is 0 Å². The minimum atomic E-state index is -0.110. The summed E-state index contributed by atoms with van der Waals surface area (Å²) in [5, 5.41) is 5.96. The highest BCUT2D eigenvalue weighted by Gasteiger charge is 2.16. The molecule has 0 spiro atoms. The van der Waals surface area contributed by atoms with E-state index >= 15 is 0 Å². The van der Waals surface area contributed by atoms with Gasteiger partial charge in [0.1, 0.15) is 11.5 Å². The number of anilines is 1. The largest absolute Gasteiger partial charge is 0.372 e. The van der Waals surface area contributed by atoms with Crippen molar-refractivity contribution in [3.8, 4) is 0 Å². The smallest absolute Gasteiger partial charge is 0.271 e. The van der Waals surface area contributed by atoms with Crippen molar-refractivity contribution in [2.24, 2.45) is 0 Å². The first-order valence-electron chi connectivity index (χ1n) is 7.10. The zero-order valence-corrected chi connectivity index (χ0v) is 11.5. The molecule has 2 rings (SSSR count). The molecule has 0 atom stereocenters. The number of rotatable bonds is 3. The van der Waals surface area contributed by atoms with E-state index in [0.29, 0.717) is 17.6 Å². The summed E-state index contributed by atoms with van der Waals surface area (Å²) in [6.45, 7) is 0. The lowest BCUT2D eigenvalue weighted by Gasteiger charge is -2.20. The van der Waals surface area contributed by atoms with Crippen LogP contribution in [0.4, 0.5) is 5.82 Å². The topological polar surface area (TPSA) is 66.9 Å². The van der Waals surface area contributed by atoms with Crippen LogP contribution >= 0.6 is 0 Å². The molecule has 1 aromatic heterocycles. The maximum absolute atomic E-state index is 12.1. The average Bonchev–Trinajstić information content (AvgIpc) is 2.41. The molecule has 1 heterocycles. The van der Waals surface area contributed by atoms with Crippen LogP contribution in [0.2, 0.25) is 0 Å². The van der Waals surface area contributed by atoms with E-state index in [2.05, 4.69) is 20.6 Å². The molecule has 104 valence electrons. The second kappa shape index (κ2) is 7.07. The monoisotopic (exact) mass is 262 g/mol. The van der Waals surface area contributed by atoms with Crippen molar-refractivity contribution >= 4 is 11.7 Å². The molecule has 1 fully saturated rings. The number of carbonyl (C=O) groups is 1. The summed E-state index contributed by atoms with van der Waals surface area (Å²) in [5.41, 5.74) is 0.390. The van der Waals surface area contributed by atoms with E-state index in [4.69, 9.17) is 0 Å². The molecular weight excluding hydrogens is 240 g/mol. The lowest BCUT2D eigenvalue weighted by Crippen LogP contribution is -2.35. The molecule has 0 saturated heterocycles. The zero-order valence-electron chi connectivity index (χ0n) is 11.5. The molecule has 0 bridgehead atoms. The highest BCUT2D eigenvalue weighted by atomic mass is 16.1. The standard InChI is InChI=1S/C14H22N4O/c1-15-13-10-16-12(9-17-13)14(19)18-11-7-5-3-2-4-6-8-11/h9-11H,2-8H2,1H3,(H,15,17)(H,18,19). The van der Waals surface area contributed by atoms with Crippen LogP contribution in [-0.2, 0) is 0 Å². The molecule has 1 aliphatic rings. The SMILES string of the molecule is CNc1cnc(C(=O)NC2CCCCCCC2)cn1. The van der Waals surface area contributed by atoms with Crippen LogP contribution < -0.4 is 10.6 Å². The van der Waals surface area contributed by atoms with Crippen LogP contribution in [0.15, 0.2) is 12.4 Å². The summed E-state index contributed by atoms with van der Waals surface area (Å²) in [6, 6.07) is 0.290. The summed E-state index contributed by atoms with van der Waals surface area (Å²) in [6.07, 6.45) is 11.5. The summed E-state index contributed by atoms with van der Waals surface area (Å²) >= 11 is 0. The molecule has 1 saturated carbocycles. The first kappa shape index (κ1) is 13.8. The summed E-state index contributed by atoms with van der Waals surface area (Å²) in [5.74, 6) is 0.559. The van der Waals surface area contributed by atoms with E-state index in [1.54, 1.807) is 13.2 Å². The molecule has 0 radical (unpaired) electrons. The highest BCUT2D eigenvalue weighted by Crippen LogP contribution is 2.17. The fourth-order valence-corrected chi connectivity index (χ4v) is 2.43. The maximum atomic E-state index is 12.1. The van der Waals surface area contributed by atoms with Gasteiger partial charge in [-0.05, 0) is 12.8 Å². The van der Waals surface area contributed by atoms with Gasteiger partial charge in [-0.2, -0.15) is 0 Å². The number of amides is 1. The molecule has 2 N–H and O–H groups in total. The van der Waals surface area contributed by atoms with Gasteiger partial charge in [-0.15, -0.1) is 0 Å². The molecule has 0 unspecified atom stereocenters. The van der Waals surface area contributed by atoms with Crippen molar-refractivity contribution in [3.63, 3.8) is 0 Å². The number of carbonyl (C=O) groups excluding carboxylic acids is 1. The number of hydrogen-bond acceptors (Lipinski definition) is 4. The van der Waals surface area contributed by atoms with E-state index in [9.17, 15) is 4.79 Å². The predicted octanol–water partition coefficient (Wildman–Crippen LogP) is 2.36. The van der Waals surface area contributed by atoms with Crippen LogP contribution in [0.3, 0.4) is 0 Å². The Morgan fingerprint density at radius 1 is 1.11 bits per heavy atom. The predicted molar refractivity (Wildman–Crippen MR) is 75.2 cm³/mol. The van der Waals surface area contributed by atoms with Crippen LogP contribution in [0.25, 0.3) is 0 Å². The Kier molecular flexibility index (Phi) is 5.12. The van der Waals surface area contributed by atoms with Crippen molar-refractivity contribution in [2.75, 3.05) is 12.4 Å². The first-order chi connectivity index (χ1) is 9.29. The Morgan fingerprint density at radius 3 is 2.37 bits per heavy atom. The zero-order chi connectivity index (χ0) is 13.5. The number of hydrogen-bond donors (Lipinski definition) is 2.